The van der Waals surface area contributed by atoms with Gasteiger partial charge in [-0.2, -0.15) is 0 Å². The highest BCUT2D eigenvalue weighted by molar-refractivity contribution is 7.13. The number of aryl methyl sites for hydroxylation is 2. The third kappa shape index (κ3) is 5.04. The van der Waals surface area contributed by atoms with Crippen LogP contribution in [0.1, 0.15) is 87.6 Å². The summed E-state index contributed by atoms with van der Waals surface area (Å²) < 4.78 is 0. The van der Waals surface area contributed by atoms with E-state index in [0.717, 1.165) is 54.2 Å². The van der Waals surface area contributed by atoms with E-state index >= 15 is 0 Å². The highest BCUT2D eigenvalue weighted by atomic mass is 32.1. The van der Waals surface area contributed by atoms with Crippen molar-refractivity contribution in [2.75, 3.05) is 6.54 Å². The third-order valence-corrected chi connectivity index (χ3v) is 6.25. The molecule has 1 saturated heterocycles. The number of carbonyl (C=O) groups excluding carboxylic acids is 1. The van der Waals surface area contributed by atoms with Crippen LogP contribution in [0.4, 0.5) is 0 Å². The van der Waals surface area contributed by atoms with Gasteiger partial charge in [0.15, 0.2) is 0 Å². The maximum Gasteiger partial charge on any atom is 0.266 e. The van der Waals surface area contributed by atoms with Crippen LogP contribution in [0.15, 0.2) is 0 Å². The van der Waals surface area contributed by atoms with Crippen molar-refractivity contribution >= 4 is 17.2 Å². The largest absolute Gasteiger partial charge is 0.335 e. The Morgan fingerprint density at radius 3 is 2.32 bits per heavy atom. The Labute approximate surface area is 157 Å². The molecule has 0 aromatic carbocycles. The Kier molecular flexibility index (Phi) is 6.31. The van der Waals surface area contributed by atoms with Crippen LogP contribution in [0.3, 0.4) is 0 Å². The van der Waals surface area contributed by atoms with Gasteiger partial charge in [-0.25, -0.2) is 4.98 Å². The first-order chi connectivity index (χ1) is 11.6. The predicted octanol–water partition coefficient (Wildman–Crippen LogP) is 4.57. The first kappa shape index (κ1) is 20.4. The van der Waals surface area contributed by atoms with Crippen LogP contribution < -0.4 is 5.32 Å². The summed E-state index contributed by atoms with van der Waals surface area (Å²) in [5.74, 6) is 0.182. The monoisotopic (exact) mass is 365 g/mol. The van der Waals surface area contributed by atoms with E-state index in [2.05, 4.69) is 56.7 Å². The fraction of sp³-hybridized carbons (Fsp3) is 0.800. The first-order valence-electron chi connectivity index (χ1n) is 9.65. The summed E-state index contributed by atoms with van der Waals surface area (Å²) >= 11 is 1.58. The van der Waals surface area contributed by atoms with E-state index in [4.69, 9.17) is 0 Å². The normalized spacial score (nSPS) is 19.8. The third-order valence-electron chi connectivity index (χ3n) is 4.96. The van der Waals surface area contributed by atoms with Crippen LogP contribution in [0, 0.1) is 6.92 Å². The Hall–Kier alpha value is -0.940. The minimum Gasteiger partial charge on any atom is -0.335 e. The van der Waals surface area contributed by atoms with Gasteiger partial charge < -0.3 is 10.2 Å². The summed E-state index contributed by atoms with van der Waals surface area (Å²) in [7, 11) is 0. The highest BCUT2D eigenvalue weighted by Gasteiger charge is 2.41. The van der Waals surface area contributed by atoms with Crippen molar-refractivity contribution in [2.24, 2.45) is 0 Å². The second-order valence-electron chi connectivity index (χ2n) is 8.68. The van der Waals surface area contributed by atoms with Gasteiger partial charge in [-0.15, -0.1) is 11.3 Å². The van der Waals surface area contributed by atoms with Gasteiger partial charge in [-0.1, -0.05) is 20.3 Å². The minimum absolute atomic E-state index is 0.0362. The summed E-state index contributed by atoms with van der Waals surface area (Å²) in [6.07, 6.45) is 5.02. The van der Waals surface area contributed by atoms with E-state index in [1.165, 1.54) is 0 Å². The molecule has 0 spiro atoms. The topological polar surface area (TPSA) is 45.2 Å². The fourth-order valence-electron chi connectivity index (χ4n) is 4.20. The number of rotatable bonds is 6. The quantitative estimate of drug-likeness (QED) is 0.803. The van der Waals surface area contributed by atoms with Crippen LogP contribution >= 0.6 is 11.3 Å². The van der Waals surface area contributed by atoms with E-state index in [9.17, 15) is 4.79 Å². The number of nitrogens with zero attached hydrogens (tertiary/aromatic N) is 2. The molecule has 0 unspecified atom stereocenters. The molecule has 142 valence electrons. The summed E-state index contributed by atoms with van der Waals surface area (Å²) in [5, 5.41) is 4.79. The van der Waals surface area contributed by atoms with Gasteiger partial charge in [0.1, 0.15) is 4.88 Å². The van der Waals surface area contributed by atoms with Crippen molar-refractivity contribution in [3.05, 3.63) is 15.6 Å². The van der Waals surface area contributed by atoms with Gasteiger partial charge in [0.2, 0.25) is 0 Å². The molecule has 0 atom stereocenters. The maximum atomic E-state index is 13.4. The van der Waals surface area contributed by atoms with Crippen LogP contribution in [-0.4, -0.2) is 39.5 Å². The van der Waals surface area contributed by atoms with Gasteiger partial charge >= 0.3 is 0 Å². The molecular formula is C20H35N3OS. The van der Waals surface area contributed by atoms with Crippen molar-refractivity contribution in [2.45, 2.75) is 97.7 Å². The van der Waals surface area contributed by atoms with Crippen LogP contribution in [0.25, 0.3) is 0 Å². The molecule has 1 aliphatic heterocycles. The molecule has 2 heterocycles. The Bertz CT molecular complexity index is 590. The number of piperidine rings is 1. The Balaban J connectivity index is 2.31. The molecule has 5 heteroatoms. The zero-order chi connectivity index (χ0) is 18.8. The van der Waals surface area contributed by atoms with E-state index in [1.807, 2.05) is 6.92 Å². The molecule has 1 aromatic heterocycles. The van der Waals surface area contributed by atoms with Gasteiger partial charge in [0, 0.05) is 23.7 Å². The van der Waals surface area contributed by atoms with E-state index in [-0.39, 0.29) is 23.0 Å². The lowest BCUT2D eigenvalue weighted by atomic mass is 9.79. The molecule has 0 saturated carbocycles. The lowest BCUT2D eigenvalue weighted by Crippen LogP contribution is -2.62. The van der Waals surface area contributed by atoms with Gasteiger partial charge in [-0.05, 0) is 60.3 Å². The molecule has 4 nitrogen and oxygen atoms in total. The number of unbranched alkanes of at least 4 members (excludes halogenated alkanes) is 1. The van der Waals surface area contributed by atoms with Crippen molar-refractivity contribution in [1.82, 2.24) is 15.2 Å². The zero-order valence-corrected chi connectivity index (χ0v) is 17.8. The summed E-state index contributed by atoms with van der Waals surface area (Å²) in [5.41, 5.74) is 0.962. The average molecular weight is 366 g/mol. The zero-order valence-electron chi connectivity index (χ0n) is 17.0. The molecule has 1 aliphatic rings. The molecule has 1 aromatic rings. The minimum atomic E-state index is 0.0362. The second kappa shape index (κ2) is 7.75. The molecule has 1 amide bonds. The molecule has 0 bridgehead atoms. The van der Waals surface area contributed by atoms with Crippen molar-refractivity contribution < 1.29 is 4.79 Å². The number of thiazole rings is 1. The van der Waals surface area contributed by atoms with Gasteiger partial charge in [-0.3, -0.25) is 4.79 Å². The molecule has 25 heavy (non-hydrogen) atoms. The number of nitrogens with one attached hydrogen (secondary N) is 1. The number of aromatic nitrogens is 1. The summed E-state index contributed by atoms with van der Waals surface area (Å²) in [4.78, 5) is 21.0. The van der Waals surface area contributed by atoms with E-state index in [1.54, 1.807) is 11.3 Å². The fourth-order valence-corrected chi connectivity index (χ4v) is 5.16. The molecule has 1 fully saturated rings. The Morgan fingerprint density at radius 2 is 1.84 bits per heavy atom. The van der Waals surface area contributed by atoms with Gasteiger partial charge in [0.25, 0.3) is 5.91 Å². The maximum absolute atomic E-state index is 13.4. The summed E-state index contributed by atoms with van der Waals surface area (Å²) in [6, 6.07) is 0.275. The van der Waals surface area contributed by atoms with Crippen molar-refractivity contribution in [3.8, 4) is 0 Å². The van der Waals surface area contributed by atoms with Crippen LogP contribution in [0.5, 0.6) is 0 Å². The summed E-state index contributed by atoms with van der Waals surface area (Å²) in [6.45, 7) is 16.1. The molecule has 1 N–H and O–H groups in total. The number of hydrogen-bond donors (Lipinski definition) is 1. The number of amides is 1. The standard InChI is InChI=1S/C20H35N3OS/c1-8-10-11-23(15-12-19(4,5)22-20(6,7)13-15)18(24)17-14(3)21-16(9-2)25-17/h15,22H,8-13H2,1-7H3. The van der Waals surface area contributed by atoms with E-state index in [0.29, 0.717) is 0 Å². The molecular weight excluding hydrogens is 330 g/mol. The van der Waals surface area contributed by atoms with Crippen molar-refractivity contribution in [3.63, 3.8) is 0 Å². The molecule has 2 rings (SSSR count). The smallest absolute Gasteiger partial charge is 0.266 e. The highest BCUT2D eigenvalue weighted by Crippen LogP contribution is 2.33. The van der Waals surface area contributed by atoms with Crippen molar-refractivity contribution in [1.29, 1.82) is 0 Å². The Morgan fingerprint density at radius 1 is 1.24 bits per heavy atom. The average Bonchev–Trinajstić information content (AvgIpc) is 2.85. The SMILES string of the molecule is CCCCN(C(=O)c1sc(CC)nc1C)C1CC(C)(C)NC(C)(C)C1. The lowest BCUT2D eigenvalue weighted by molar-refractivity contribution is 0.0445. The number of hydrogen-bond acceptors (Lipinski definition) is 4. The number of carbonyl (C=O) groups is 1. The van der Waals surface area contributed by atoms with Crippen LogP contribution in [-0.2, 0) is 6.42 Å². The predicted molar refractivity (Wildman–Crippen MR) is 106 cm³/mol. The van der Waals surface area contributed by atoms with Gasteiger partial charge in [0.05, 0.1) is 10.7 Å². The van der Waals surface area contributed by atoms with Crippen LogP contribution in [0.2, 0.25) is 0 Å². The molecule has 0 aliphatic carbocycles. The second-order valence-corrected chi connectivity index (χ2v) is 9.77. The molecule has 0 radical (unpaired) electrons. The lowest BCUT2D eigenvalue weighted by Gasteiger charge is -2.49. The van der Waals surface area contributed by atoms with E-state index < -0.39 is 0 Å². The first-order valence-corrected chi connectivity index (χ1v) is 10.5.